The molecule has 0 aliphatic carbocycles. The van der Waals surface area contributed by atoms with Gasteiger partial charge in [0.2, 0.25) is 21.9 Å². The lowest BCUT2D eigenvalue weighted by Crippen LogP contribution is -2.56. The molecule has 0 unspecified atom stereocenters. The Bertz CT molecular complexity index is 1470. The maximum atomic E-state index is 13.9. The number of aliphatic hydroxyl groups excluding tert-OH is 1. The average Bonchev–Trinajstić information content (AvgIpc) is 3.32. The maximum absolute atomic E-state index is 13.9. The number of carbonyl (C=O) groups is 2. The van der Waals surface area contributed by atoms with E-state index in [4.69, 9.17) is 5.73 Å². The normalized spacial score (nSPS) is 14.5. The third-order valence-corrected chi connectivity index (χ3v) is 8.59. The molecule has 3 aromatic rings. The van der Waals surface area contributed by atoms with E-state index in [-0.39, 0.29) is 36.3 Å². The minimum atomic E-state index is -4.11. The van der Waals surface area contributed by atoms with Crippen molar-refractivity contribution in [1.29, 1.82) is 0 Å². The topological polar surface area (TPSA) is 180 Å². The number of benzene rings is 2. The molecular formula is C29H42N6O6S. The number of fused-ring (bicyclic) bond motifs is 1. The standard InChI is InChI=1S/C29H42N6O6S/c1-18(2)16-35(42(39,40)20-12-13-21-22(15-20)33-27(32-21)34-28(38)41-6)17-24(36)23(14-19-10-8-7-9-11-19)31-26(37)25(30)29(3,4)5/h7-13,15,18,23-25,36H,14,16-17,30H2,1-6H3,(H,31,37)(H2,32,33,34,38)/t23-,24+,25+/m0/s1. The Morgan fingerprint density at radius 1 is 1.12 bits per heavy atom. The minimum absolute atomic E-state index is 0.0302. The number of hydrogen-bond donors (Lipinski definition) is 5. The van der Waals surface area contributed by atoms with Gasteiger partial charge in [-0.3, -0.25) is 10.1 Å². The number of amides is 2. The molecule has 2 aromatic carbocycles. The Hall–Kier alpha value is -3.52. The second kappa shape index (κ2) is 13.6. The molecule has 2 amide bonds. The van der Waals surface area contributed by atoms with Crippen LogP contribution in [0.1, 0.15) is 40.2 Å². The number of sulfonamides is 1. The lowest BCUT2D eigenvalue weighted by molar-refractivity contribution is -0.126. The highest BCUT2D eigenvalue weighted by atomic mass is 32.2. The van der Waals surface area contributed by atoms with Crippen LogP contribution >= 0.6 is 0 Å². The zero-order valence-electron chi connectivity index (χ0n) is 24.9. The van der Waals surface area contributed by atoms with Crippen molar-refractivity contribution < 1.29 is 27.9 Å². The van der Waals surface area contributed by atoms with Crippen LogP contribution in [-0.2, 0) is 26.0 Å². The number of nitrogens with one attached hydrogen (secondary N) is 3. The van der Waals surface area contributed by atoms with Crippen molar-refractivity contribution in [2.75, 3.05) is 25.5 Å². The van der Waals surface area contributed by atoms with E-state index in [0.717, 1.165) is 5.56 Å². The fourth-order valence-electron chi connectivity index (χ4n) is 4.33. The van der Waals surface area contributed by atoms with Gasteiger partial charge in [0.1, 0.15) is 0 Å². The number of aromatic nitrogens is 2. The highest BCUT2D eigenvalue weighted by Gasteiger charge is 2.34. The van der Waals surface area contributed by atoms with Gasteiger partial charge in [0.15, 0.2) is 0 Å². The fraction of sp³-hybridized carbons (Fsp3) is 0.483. The van der Waals surface area contributed by atoms with Gasteiger partial charge in [-0.15, -0.1) is 0 Å². The number of H-pyrrole nitrogens is 1. The number of aliphatic hydroxyl groups is 1. The quantitative estimate of drug-likeness (QED) is 0.210. The van der Waals surface area contributed by atoms with Gasteiger partial charge in [0.25, 0.3) is 0 Å². The summed E-state index contributed by atoms with van der Waals surface area (Å²) in [7, 11) is -2.89. The van der Waals surface area contributed by atoms with E-state index >= 15 is 0 Å². The van der Waals surface area contributed by atoms with Crippen LogP contribution in [0.2, 0.25) is 0 Å². The van der Waals surface area contributed by atoms with Crippen LogP contribution in [0.15, 0.2) is 53.4 Å². The predicted molar refractivity (Wildman–Crippen MR) is 161 cm³/mol. The molecular weight excluding hydrogens is 560 g/mol. The molecule has 0 spiro atoms. The van der Waals surface area contributed by atoms with Crippen LogP contribution in [-0.4, -0.2) is 78.2 Å². The molecule has 0 bridgehead atoms. The number of anilines is 1. The number of aromatic amines is 1. The van der Waals surface area contributed by atoms with E-state index < -0.39 is 45.6 Å². The number of nitrogens with two attached hydrogens (primary N) is 1. The summed E-state index contributed by atoms with van der Waals surface area (Å²) in [5, 5.41) is 16.7. The van der Waals surface area contributed by atoms with Gasteiger partial charge >= 0.3 is 6.09 Å². The van der Waals surface area contributed by atoms with Gasteiger partial charge in [-0.05, 0) is 41.5 Å². The number of ether oxygens (including phenoxy) is 1. The first kappa shape index (κ1) is 33.0. The highest BCUT2D eigenvalue weighted by Crippen LogP contribution is 2.24. The third kappa shape index (κ3) is 8.51. The molecule has 1 heterocycles. The van der Waals surface area contributed by atoms with E-state index in [1.54, 1.807) is 6.07 Å². The van der Waals surface area contributed by atoms with E-state index in [1.165, 1.54) is 23.5 Å². The van der Waals surface area contributed by atoms with E-state index in [9.17, 15) is 23.1 Å². The van der Waals surface area contributed by atoms with Crippen molar-refractivity contribution in [3.05, 3.63) is 54.1 Å². The van der Waals surface area contributed by atoms with Gasteiger partial charge in [-0.1, -0.05) is 65.0 Å². The van der Waals surface area contributed by atoms with Crippen LogP contribution in [0.25, 0.3) is 11.0 Å². The highest BCUT2D eigenvalue weighted by molar-refractivity contribution is 7.89. The summed E-state index contributed by atoms with van der Waals surface area (Å²) < 4.78 is 33.6. The van der Waals surface area contributed by atoms with Crippen LogP contribution < -0.4 is 16.4 Å². The van der Waals surface area contributed by atoms with E-state index in [1.807, 2.05) is 65.0 Å². The van der Waals surface area contributed by atoms with Crippen molar-refractivity contribution in [3.8, 4) is 0 Å². The molecule has 3 atom stereocenters. The molecule has 1 aromatic heterocycles. The van der Waals surface area contributed by atoms with Crippen LogP contribution in [0, 0.1) is 11.3 Å². The SMILES string of the molecule is COC(=O)Nc1nc2cc(S(=O)(=O)N(CC(C)C)C[C@@H](O)[C@H](Cc3ccccc3)NC(=O)[C@@H](N)C(C)(C)C)ccc2[nH]1. The lowest BCUT2D eigenvalue weighted by Gasteiger charge is -2.33. The first-order valence-electron chi connectivity index (χ1n) is 13.7. The number of methoxy groups -OCH3 is 1. The largest absolute Gasteiger partial charge is 0.453 e. The predicted octanol–water partition coefficient (Wildman–Crippen LogP) is 2.85. The third-order valence-electron chi connectivity index (χ3n) is 6.76. The summed E-state index contributed by atoms with van der Waals surface area (Å²) in [6.07, 6.45) is -1.70. The first-order chi connectivity index (χ1) is 19.6. The van der Waals surface area contributed by atoms with Crippen LogP contribution in [0.3, 0.4) is 0 Å². The van der Waals surface area contributed by atoms with Crippen molar-refractivity contribution >= 4 is 39.0 Å². The van der Waals surface area contributed by atoms with E-state index in [0.29, 0.717) is 11.0 Å². The monoisotopic (exact) mass is 602 g/mol. The molecule has 0 saturated carbocycles. The summed E-state index contributed by atoms with van der Waals surface area (Å²) in [5.41, 5.74) is 7.37. The number of rotatable bonds is 12. The molecule has 3 rings (SSSR count). The van der Waals surface area contributed by atoms with Crippen molar-refractivity contribution in [3.63, 3.8) is 0 Å². The van der Waals surface area contributed by atoms with Gasteiger partial charge in [-0.2, -0.15) is 4.31 Å². The summed E-state index contributed by atoms with van der Waals surface area (Å²) in [4.78, 5) is 31.7. The average molecular weight is 603 g/mol. The first-order valence-corrected chi connectivity index (χ1v) is 15.2. The molecule has 0 fully saturated rings. The zero-order valence-corrected chi connectivity index (χ0v) is 25.7. The number of carbonyl (C=O) groups excluding carboxylic acids is 2. The molecule has 12 nitrogen and oxygen atoms in total. The van der Waals surface area contributed by atoms with Crippen LogP contribution in [0.4, 0.5) is 10.7 Å². The van der Waals surface area contributed by atoms with Crippen molar-refractivity contribution in [2.24, 2.45) is 17.1 Å². The molecule has 0 aliphatic rings. The Balaban J connectivity index is 1.91. The second-order valence-corrected chi connectivity index (χ2v) is 13.8. The summed E-state index contributed by atoms with van der Waals surface area (Å²) in [5.74, 6) is -0.386. The lowest BCUT2D eigenvalue weighted by atomic mass is 9.86. The number of nitrogens with zero attached hydrogens (tertiary/aromatic N) is 2. The summed E-state index contributed by atoms with van der Waals surface area (Å²) in [6.45, 7) is 9.16. The summed E-state index contributed by atoms with van der Waals surface area (Å²) in [6, 6.07) is 12.1. The Kier molecular flexibility index (Phi) is 10.7. The maximum Gasteiger partial charge on any atom is 0.413 e. The Morgan fingerprint density at radius 3 is 2.38 bits per heavy atom. The van der Waals surface area contributed by atoms with Gasteiger partial charge in [0, 0.05) is 13.1 Å². The number of imidazole rings is 1. The van der Waals surface area contributed by atoms with Gasteiger partial charge in [-0.25, -0.2) is 18.2 Å². The minimum Gasteiger partial charge on any atom is -0.453 e. The number of hydrogen-bond acceptors (Lipinski definition) is 8. The smallest absolute Gasteiger partial charge is 0.413 e. The summed E-state index contributed by atoms with van der Waals surface area (Å²) >= 11 is 0. The molecule has 230 valence electrons. The molecule has 42 heavy (non-hydrogen) atoms. The van der Waals surface area contributed by atoms with Gasteiger partial charge < -0.3 is 25.9 Å². The zero-order chi connectivity index (χ0) is 31.2. The second-order valence-electron chi connectivity index (χ2n) is 11.8. The van der Waals surface area contributed by atoms with Gasteiger partial charge in [0.05, 0.1) is 41.2 Å². The molecule has 0 radical (unpaired) electrons. The molecule has 0 saturated heterocycles. The molecule has 6 N–H and O–H groups in total. The molecule has 13 heteroatoms. The van der Waals surface area contributed by atoms with Crippen molar-refractivity contribution in [2.45, 2.75) is 64.1 Å². The van der Waals surface area contributed by atoms with Crippen molar-refractivity contribution in [1.82, 2.24) is 19.6 Å². The van der Waals surface area contributed by atoms with Crippen LogP contribution in [0.5, 0.6) is 0 Å². The Labute approximate surface area is 247 Å². The Morgan fingerprint density at radius 2 is 1.79 bits per heavy atom. The molecule has 0 aliphatic heterocycles. The fourth-order valence-corrected chi connectivity index (χ4v) is 5.98. The van der Waals surface area contributed by atoms with E-state index in [2.05, 4.69) is 25.3 Å².